The first-order chi connectivity index (χ1) is 8.68. The molecule has 18 heavy (non-hydrogen) atoms. The Morgan fingerprint density at radius 2 is 1.67 bits per heavy atom. The average Bonchev–Trinajstić information content (AvgIpc) is 3.18. The normalized spacial score (nSPS) is 13.1. The second-order valence-electron chi connectivity index (χ2n) is 5.27. The Morgan fingerprint density at radius 3 is 2.17 bits per heavy atom. The maximum Gasteiger partial charge on any atom is 0.115 e. The molecule has 1 aromatic rings. The van der Waals surface area contributed by atoms with Gasteiger partial charge in [0.05, 0.1) is 13.2 Å². The minimum absolute atomic E-state index is 0.360. The van der Waals surface area contributed by atoms with Gasteiger partial charge in [0, 0.05) is 0 Å². The molecule has 0 spiro atoms. The molecule has 102 valence electrons. The molecule has 1 saturated heterocycles. The van der Waals surface area contributed by atoms with Gasteiger partial charge in [0.15, 0.2) is 0 Å². The maximum atomic E-state index is 9.13. The molecule has 0 bridgehead atoms. The van der Waals surface area contributed by atoms with E-state index in [1.807, 2.05) is 12.1 Å². The third-order valence-electron chi connectivity index (χ3n) is 2.89. The smallest absolute Gasteiger partial charge is 0.115 e. The van der Waals surface area contributed by atoms with Crippen molar-refractivity contribution < 1.29 is 9.84 Å². The van der Waals surface area contributed by atoms with Crippen molar-refractivity contribution in [3.63, 3.8) is 0 Å². The SMILES string of the molecule is C1CO1.CC(C)CCCCCc1ccc(O)cc1. The molecular weight excluding hydrogens is 224 g/mol. The number of benzene rings is 1. The summed E-state index contributed by atoms with van der Waals surface area (Å²) in [5.74, 6) is 1.19. The molecule has 0 amide bonds. The summed E-state index contributed by atoms with van der Waals surface area (Å²) in [4.78, 5) is 0. The van der Waals surface area contributed by atoms with Crippen molar-refractivity contribution in [2.24, 2.45) is 5.92 Å². The van der Waals surface area contributed by atoms with Crippen molar-refractivity contribution in [1.29, 1.82) is 0 Å². The Labute approximate surface area is 111 Å². The van der Waals surface area contributed by atoms with E-state index in [0.717, 1.165) is 25.6 Å². The molecule has 0 saturated carbocycles. The average molecular weight is 250 g/mol. The Bertz CT molecular complexity index is 299. The second-order valence-corrected chi connectivity index (χ2v) is 5.27. The molecule has 2 heteroatoms. The number of phenolic OH excluding ortho intramolecular Hbond substituents is 1. The molecule has 0 aliphatic carbocycles. The summed E-state index contributed by atoms with van der Waals surface area (Å²) in [6.45, 7) is 6.56. The number of ether oxygens (including phenoxy) is 1. The van der Waals surface area contributed by atoms with Gasteiger partial charge < -0.3 is 9.84 Å². The van der Waals surface area contributed by atoms with E-state index in [0.29, 0.717) is 5.75 Å². The molecule has 1 aliphatic rings. The highest BCUT2D eigenvalue weighted by molar-refractivity contribution is 5.25. The van der Waals surface area contributed by atoms with Crippen molar-refractivity contribution in [2.45, 2.75) is 46.0 Å². The quantitative estimate of drug-likeness (QED) is 0.607. The second kappa shape index (κ2) is 8.98. The number of phenols is 1. The minimum Gasteiger partial charge on any atom is -0.508 e. The number of aromatic hydroxyl groups is 1. The van der Waals surface area contributed by atoms with Gasteiger partial charge in [0.2, 0.25) is 0 Å². The Balaban J connectivity index is 0.000000468. The van der Waals surface area contributed by atoms with Gasteiger partial charge in [0.1, 0.15) is 5.75 Å². The highest BCUT2D eigenvalue weighted by Crippen LogP contribution is 2.14. The minimum atomic E-state index is 0.360. The lowest BCUT2D eigenvalue weighted by Gasteiger charge is -2.04. The van der Waals surface area contributed by atoms with Crippen LogP contribution in [0.25, 0.3) is 0 Å². The number of unbranched alkanes of at least 4 members (excludes halogenated alkanes) is 2. The van der Waals surface area contributed by atoms with Gasteiger partial charge in [-0.3, -0.25) is 0 Å². The topological polar surface area (TPSA) is 32.8 Å². The fourth-order valence-electron chi connectivity index (χ4n) is 1.72. The van der Waals surface area contributed by atoms with Gasteiger partial charge in [-0.1, -0.05) is 45.2 Å². The first kappa shape index (κ1) is 15.0. The summed E-state index contributed by atoms with van der Waals surface area (Å²) in [7, 11) is 0. The Kier molecular flexibility index (Phi) is 7.51. The van der Waals surface area contributed by atoms with Crippen LogP contribution in [0, 0.1) is 5.92 Å². The highest BCUT2D eigenvalue weighted by Gasteiger charge is 1.96. The molecule has 0 atom stereocenters. The van der Waals surface area contributed by atoms with Crippen LogP contribution in [0.15, 0.2) is 24.3 Å². The summed E-state index contributed by atoms with van der Waals surface area (Å²) in [6.07, 6.45) is 6.40. The summed E-state index contributed by atoms with van der Waals surface area (Å²) >= 11 is 0. The van der Waals surface area contributed by atoms with E-state index >= 15 is 0 Å². The van der Waals surface area contributed by atoms with E-state index in [1.165, 1.54) is 31.2 Å². The molecule has 0 radical (unpaired) electrons. The van der Waals surface area contributed by atoms with E-state index in [-0.39, 0.29) is 0 Å². The van der Waals surface area contributed by atoms with Crippen LogP contribution in [0.3, 0.4) is 0 Å². The standard InChI is InChI=1S/C14H22O.C2H4O/c1-12(2)6-4-3-5-7-13-8-10-14(15)11-9-13;1-2-3-1/h8-12,15H,3-7H2,1-2H3;1-2H2. The molecule has 1 heterocycles. The molecule has 1 fully saturated rings. The van der Waals surface area contributed by atoms with Crippen LogP contribution in [-0.2, 0) is 11.2 Å². The van der Waals surface area contributed by atoms with Crippen molar-refractivity contribution in [3.8, 4) is 5.75 Å². The van der Waals surface area contributed by atoms with Gasteiger partial charge in [-0.25, -0.2) is 0 Å². The lowest BCUT2D eigenvalue weighted by molar-refractivity contribution is 0.474. The molecule has 1 N–H and O–H groups in total. The largest absolute Gasteiger partial charge is 0.508 e. The highest BCUT2D eigenvalue weighted by atomic mass is 16.6. The first-order valence-electron chi connectivity index (χ1n) is 7.04. The monoisotopic (exact) mass is 250 g/mol. The third kappa shape index (κ3) is 9.06. The van der Waals surface area contributed by atoms with Crippen LogP contribution in [0.1, 0.15) is 45.1 Å². The predicted octanol–water partition coefficient (Wildman–Crippen LogP) is 4.17. The number of rotatable bonds is 6. The molecule has 0 unspecified atom stereocenters. The number of hydrogen-bond donors (Lipinski definition) is 1. The van der Waals surface area contributed by atoms with E-state index in [4.69, 9.17) is 5.11 Å². The number of hydrogen-bond acceptors (Lipinski definition) is 2. The zero-order chi connectivity index (χ0) is 13.2. The summed E-state index contributed by atoms with van der Waals surface area (Å²) in [5.41, 5.74) is 1.33. The molecule has 1 aliphatic heterocycles. The third-order valence-corrected chi connectivity index (χ3v) is 2.89. The van der Waals surface area contributed by atoms with Crippen LogP contribution >= 0.6 is 0 Å². The van der Waals surface area contributed by atoms with Crippen LogP contribution in [-0.4, -0.2) is 18.3 Å². The zero-order valence-corrected chi connectivity index (χ0v) is 11.7. The molecule has 0 aromatic heterocycles. The van der Waals surface area contributed by atoms with E-state index in [9.17, 15) is 0 Å². The lowest BCUT2D eigenvalue weighted by Crippen LogP contribution is -1.89. The number of epoxide rings is 1. The van der Waals surface area contributed by atoms with Crippen molar-refractivity contribution in [2.75, 3.05) is 13.2 Å². The molecule has 2 nitrogen and oxygen atoms in total. The van der Waals surface area contributed by atoms with Crippen LogP contribution in [0.4, 0.5) is 0 Å². The number of aryl methyl sites for hydroxylation is 1. The van der Waals surface area contributed by atoms with Crippen LogP contribution in [0.5, 0.6) is 5.75 Å². The maximum absolute atomic E-state index is 9.13. The van der Waals surface area contributed by atoms with Gasteiger partial charge in [-0.15, -0.1) is 0 Å². The van der Waals surface area contributed by atoms with E-state index in [1.54, 1.807) is 12.1 Å². The van der Waals surface area contributed by atoms with E-state index < -0.39 is 0 Å². The first-order valence-corrected chi connectivity index (χ1v) is 7.04. The van der Waals surface area contributed by atoms with Crippen molar-refractivity contribution >= 4 is 0 Å². The molecular formula is C16H26O2. The predicted molar refractivity (Wildman–Crippen MR) is 75.9 cm³/mol. The van der Waals surface area contributed by atoms with Gasteiger partial charge in [0.25, 0.3) is 0 Å². The molecule has 1 aromatic carbocycles. The van der Waals surface area contributed by atoms with Gasteiger partial charge >= 0.3 is 0 Å². The van der Waals surface area contributed by atoms with Crippen LogP contribution < -0.4 is 0 Å². The van der Waals surface area contributed by atoms with Crippen molar-refractivity contribution in [3.05, 3.63) is 29.8 Å². The Morgan fingerprint density at radius 1 is 1.06 bits per heavy atom. The summed E-state index contributed by atoms with van der Waals surface area (Å²) < 4.78 is 4.50. The summed E-state index contributed by atoms with van der Waals surface area (Å²) in [6, 6.07) is 7.56. The van der Waals surface area contributed by atoms with Crippen molar-refractivity contribution in [1.82, 2.24) is 0 Å². The van der Waals surface area contributed by atoms with E-state index in [2.05, 4.69) is 18.6 Å². The van der Waals surface area contributed by atoms with Gasteiger partial charge in [-0.05, 0) is 36.5 Å². The van der Waals surface area contributed by atoms with Crippen LogP contribution in [0.2, 0.25) is 0 Å². The molecule has 2 rings (SSSR count). The fourth-order valence-corrected chi connectivity index (χ4v) is 1.72. The van der Waals surface area contributed by atoms with Gasteiger partial charge in [-0.2, -0.15) is 0 Å². The summed E-state index contributed by atoms with van der Waals surface area (Å²) in [5, 5.41) is 9.13. The fraction of sp³-hybridized carbons (Fsp3) is 0.625. The lowest BCUT2D eigenvalue weighted by atomic mass is 10.0. The zero-order valence-electron chi connectivity index (χ0n) is 11.7. The Hall–Kier alpha value is -1.02.